The summed E-state index contributed by atoms with van der Waals surface area (Å²) in [7, 11) is 0. The maximum Gasteiger partial charge on any atom is 0.241 e. The largest absolute Gasteiger partial charge is 0.340 e. The Morgan fingerprint density at radius 1 is 1.07 bits per heavy atom. The number of rotatable bonds is 5. The monoisotopic (exact) mass is 399 g/mol. The first-order valence-electron chi connectivity index (χ1n) is 9.57. The third-order valence-electron chi connectivity index (χ3n) is 5.29. The molecule has 0 spiro atoms. The number of aryl methyl sites for hydroxylation is 1. The molecule has 1 aliphatic rings. The summed E-state index contributed by atoms with van der Waals surface area (Å²) in [6, 6.07) is 14.8. The predicted molar refractivity (Wildman–Crippen MR) is 113 cm³/mol. The molecule has 6 heteroatoms. The Kier molecular flexibility index (Phi) is 6.70. The summed E-state index contributed by atoms with van der Waals surface area (Å²) in [6.45, 7) is 6.57. The van der Waals surface area contributed by atoms with Gasteiger partial charge in [0.05, 0.1) is 12.5 Å². The van der Waals surface area contributed by atoms with Gasteiger partial charge in [0, 0.05) is 36.9 Å². The fourth-order valence-electron chi connectivity index (χ4n) is 3.42. The van der Waals surface area contributed by atoms with Crippen LogP contribution in [0.4, 0.5) is 5.69 Å². The molecule has 148 valence electrons. The van der Waals surface area contributed by atoms with E-state index < -0.39 is 0 Å². The van der Waals surface area contributed by atoms with E-state index in [0.29, 0.717) is 43.3 Å². The highest BCUT2D eigenvalue weighted by atomic mass is 35.5. The summed E-state index contributed by atoms with van der Waals surface area (Å²) in [4.78, 5) is 29.2. The van der Waals surface area contributed by atoms with Gasteiger partial charge in [-0.3, -0.25) is 14.5 Å². The first-order chi connectivity index (χ1) is 13.4. The highest BCUT2D eigenvalue weighted by Crippen LogP contribution is 2.17. The molecule has 1 fully saturated rings. The fourth-order valence-corrected chi connectivity index (χ4v) is 3.61. The van der Waals surface area contributed by atoms with E-state index >= 15 is 0 Å². The van der Waals surface area contributed by atoms with Gasteiger partial charge in [0.25, 0.3) is 0 Å². The summed E-state index contributed by atoms with van der Waals surface area (Å²) >= 11 is 5.97. The van der Waals surface area contributed by atoms with E-state index in [-0.39, 0.29) is 17.9 Å². The number of halogens is 1. The van der Waals surface area contributed by atoms with E-state index in [4.69, 9.17) is 11.6 Å². The summed E-state index contributed by atoms with van der Waals surface area (Å²) in [5.41, 5.74) is 2.90. The van der Waals surface area contributed by atoms with Crippen molar-refractivity contribution in [2.45, 2.75) is 26.3 Å². The first-order valence-corrected chi connectivity index (χ1v) is 9.94. The Labute approximate surface area is 171 Å². The molecule has 0 aliphatic carbocycles. The molecule has 1 atom stereocenters. The van der Waals surface area contributed by atoms with Crippen LogP contribution < -0.4 is 5.32 Å². The molecule has 1 heterocycles. The van der Waals surface area contributed by atoms with Gasteiger partial charge >= 0.3 is 0 Å². The molecule has 1 unspecified atom stereocenters. The van der Waals surface area contributed by atoms with Crippen molar-refractivity contribution in [3.8, 4) is 0 Å². The Balaban J connectivity index is 1.50. The van der Waals surface area contributed by atoms with E-state index in [9.17, 15) is 9.59 Å². The van der Waals surface area contributed by atoms with E-state index in [1.54, 1.807) is 18.2 Å². The number of nitrogens with zero attached hydrogens (tertiary/aromatic N) is 2. The van der Waals surface area contributed by atoms with Gasteiger partial charge < -0.3 is 10.2 Å². The van der Waals surface area contributed by atoms with Gasteiger partial charge in [-0.05, 0) is 43.2 Å². The van der Waals surface area contributed by atoms with Crippen LogP contribution in [0.5, 0.6) is 0 Å². The second-order valence-corrected chi connectivity index (χ2v) is 7.63. The van der Waals surface area contributed by atoms with Crippen LogP contribution in [0.15, 0.2) is 48.5 Å². The Morgan fingerprint density at radius 2 is 1.79 bits per heavy atom. The summed E-state index contributed by atoms with van der Waals surface area (Å²) in [5.74, 6) is 0.0759. The van der Waals surface area contributed by atoms with E-state index in [1.165, 1.54) is 0 Å². The third kappa shape index (κ3) is 5.12. The molecular formula is C22H26ClN3O2. The van der Waals surface area contributed by atoms with Gasteiger partial charge in [-0.25, -0.2) is 0 Å². The van der Waals surface area contributed by atoms with Gasteiger partial charge in [0.2, 0.25) is 11.8 Å². The number of amides is 2. The minimum Gasteiger partial charge on any atom is -0.340 e. The predicted octanol–water partition coefficient (Wildman–Crippen LogP) is 3.36. The third-order valence-corrected chi connectivity index (χ3v) is 5.52. The molecule has 28 heavy (non-hydrogen) atoms. The molecular weight excluding hydrogens is 374 g/mol. The summed E-state index contributed by atoms with van der Waals surface area (Å²) in [5, 5.41) is 3.50. The minimum absolute atomic E-state index is 0.0676. The van der Waals surface area contributed by atoms with Crippen molar-refractivity contribution < 1.29 is 9.59 Å². The highest BCUT2D eigenvalue weighted by Gasteiger charge is 2.27. The standard InChI is InChI=1S/C22H26ClN3O2/c1-16-6-3-4-7-18(16)14-21(27)26-12-10-25(11-13-26)17(2)22(28)24-20-9-5-8-19(23)15-20/h3-9,15,17H,10-14H2,1-2H3,(H,24,28). The number of nitrogens with one attached hydrogen (secondary N) is 1. The number of carbonyl (C=O) groups excluding carboxylic acids is 2. The van der Waals surface area contributed by atoms with Crippen molar-refractivity contribution in [1.29, 1.82) is 0 Å². The lowest BCUT2D eigenvalue weighted by molar-refractivity contribution is -0.133. The SMILES string of the molecule is Cc1ccccc1CC(=O)N1CCN(C(C)C(=O)Nc2cccc(Cl)c2)CC1. The quantitative estimate of drug-likeness (QED) is 0.838. The molecule has 2 aromatic carbocycles. The minimum atomic E-state index is -0.271. The van der Waals surface area contributed by atoms with Crippen LogP contribution in [0.1, 0.15) is 18.1 Å². The molecule has 2 aromatic rings. The lowest BCUT2D eigenvalue weighted by Gasteiger charge is -2.37. The Bertz CT molecular complexity index is 847. The molecule has 5 nitrogen and oxygen atoms in total. The van der Waals surface area contributed by atoms with Gasteiger partial charge in [-0.2, -0.15) is 0 Å². The fraction of sp³-hybridized carbons (Fsp3) is 0.364. The maximum atomic E-state index is 12.6. The smallest absolute Gasteiger partial charge is 0.241 e. The number of hydrogen-bond acceptors (Lipinski definition) is 3. The van der Waals surface area contributed by atoms with Crippen molar-refractivity contribution in [3.63, 3.8) is 0 Å². The Morgan fingerprint density at radius 3 is 2.46 bits per heavy atom. The Hall–Kier alpha value is -2.37. The van der Waals surface area contributed by atoms with Crippen molar-refractivity contribution in [2.75, 3.05) is 31.5 Å². The zero-order valence-electron chi connectivity index (χ0n) is 16.3. The number of benzene rings is 2. The normalized spacial score (nSPS) is 15.9. The molecule has 2 amide bonds. The topological polar surface area (TPSA) is 52.7 Å². The molecule has 3 rings (SSSR count). The van der Waals surface area contributed by atoms with Gasteiger partial charge in [-0.15, -0.1) is 0 Å². The number of hydrogen-bond donors (Lipinski definition) is 1. The zero-order chi connectivity index (χ0) is 20.1. The van der Waals surface area contributed by atoms with Crippen LogP contribution in [-0.2, 0) is 16.0 Å². The average Bonchev–Trinajstić information content (AvgIpc) is 2.69. The summed E-state index contributed by atoms with van der Waals surface area (Å²) < 4.78 is 0. The van der Waals surface area contributed by atoms with Crippen LogP contribution in [0.2, 0.25) is 5.02 Å². The van der Waals surface area contributed by atoms with Crippen molar-refractivity contribution in [1.82, 2.24) is 9.80 Å². The van der Waals surface area contributed by atoms with Crippen LogP contribution >= 0.6 is 11.6 Å². The second-order valence-electron chi connectivity index (χ2n) is 7.20. The zero-order valence-corrected chi connectivity index (χ0v) is 17.1. The molecule has 1 N–H and O–H groups in total. The summed E-state index contributed by atoms with van der Waals surface area (Å²) in [6.07, 6.45) is 0.428. The van der Waals surface area contributed by atoms with Crippen molar-refractivity contribution >= 4 is 29.1 Å². The van der Waals surface area contributed by atoms with Crippen LogP contribution in [-0.4, -0.2) is 53.8 Å². The number of piperazine rings is 1. The second kappa shape index (κ2) is 9.22. The maximum absolute atomic E-state index is 12.6. The van der Waals surface area contributed by atoms with Crippen LogP contribution in [0.3, 0.4) is 0 Å². The molecule has 0 saturated carbocycles. The number of carbonyl (C=O) groups is 2. The van der Waals surface area contributed by atoms with Gasteiger partial charge in [0.15, 0.2) is 0 Å². The van der Waals surface area contributed by atoms with Gasteiger partial charge in [-0.1, -0.05) is 41.9 Å². The lowest BCUT2D eigenvalue weighted by Crippen LogP contribution is -2.54. The van der Waals surface area contributed by atoms with E-state index in [1.807, 2.05) is 49.1 Å². The molecule has 0 bridgehead atoms. The van der Waals surface area contributed by atoms with Crippen LogP contribution in [0, 0.1) is 6.92 Å². The lowest BCUT2D eigenvalue weighted by atomic mass is 10.1. The number of anilines is 1. The van der Waals surface area contributed by atoms with Gasteiger partial charge in [0.1, 0.15) is 0 Å². The van der Waals surface area contributed by atoms with E-state index in [2.05, 4.69) is 10.2 Å². The van der Waals surface area contributed by atoms with Crippen molar-refractivity contribution in [3.05, 3.63) is 64.7 Å². The first kappa shape index (κ1) is 20.4. The molecule has 1 saturated heterocycles. The average molecular weight is 400 g/mol. The highest BCUT2D eigenvalue weighted by molar-refractivity contribution is 6.30. The molecule has 1 aliphatic heterocycles. The van der Waals surface area contributed by atoms with Crippen LogP contribution in [0.25, 0.3) is 0 Å². The van der Waals surface area contributed by atoms with E-state index in [0.717, 1.165) is 11.1 Å². The molecule has 0 radical (unpaired) electrons. The van der Waals surface area contributed by atoms with Crippen molar-refractivity contribution in [2.24, 2.45) is 0 Å². The molecule has 0 aromatic heterocycles.